The van der Waals surface area contributed by atoms with E-state index in [1.54, 1.807) is 14.2 Å². The van der Waals surface area contributed by atoms with Gasteiger partial charge in [0.2, 0.25) is 0 Å². The molecule has 0 saturated heterocycles. The summed E-state index contributed by atoms with van der Waals surface area (Å²) in [6, 6.07) is 0.227. The Balaban J connectivity index is 3.71. The predicted octanol–water partition coefficient (Wildman–Crippen LogP) is 0.670. The first-order valence-electron chi connectivity index (χ1n) is 4.78. The summed E-state index contributed by atoms with van der Waals surface area (Å²) in [6.45, 7) is 2.87. The molecule has 0 rings (SSSR count). The third-order valence-electron chi connectivity index (χ3n) is 2.23. The minimum absolute atomic E-state index is 0.196. The first-order valence-corrected chi connectivity index (χ1v) is 4.78. The van der Waals surface area contributed by atoms with Crippen LogP contribution in [0.4, 0.5) is 0 Å². The number of hydrogen-bond donors (Lipinski definition) is 2. The van der Waals surface area contributed by atoms with Crippen molar-refractivity contribution in [2.45, 2.75) is 38.3 Å². The Morgan fingerprint density at radius 1 is 1.38 bits per heavy atom. The fourth-order valence-corrected chi connectivity index (χ4v) is 1.44. The van der Waals surface area contributed by atoms with Crippen molar-refractivity contribution in [3.8, 4) is 0 Å². The Bertz CT molecular complexity index is 108. The van der Waals surface area contributed by atoms with Crippen LogP contribution in [0.1, 0.15) is 26.2 Å². The molecule has 2 unspecified atom stereocenters. The summed E-state index contributed by atoms with van der Waals surface area (Å²) in [7, 11) is 3.42. The van der Waals surface area contributed by atoms with Crippen LogP contribution in [-0.4, -0.2) is 33.0 Å². The molecular formula is C9H22N2O2. The second kappa shape index (κ2) is 8.44. The Kier molecular flexibility index (Phi) is 8.33. The first-order chi connectivity index (χ1) is 6.29. The van der Waals surface area contributed by atoms with Crippen molar-refractivity contribution in [1.82, 2.24) is 5.43 Å². The average molecular weight is 190 g/mol. The highest BCUT2D eigenvalue weighted by atomic mass is 16.5. The second-order valence-corrected chi connectivity index (χ2v) is 3.09. The molecule has 0 saturated carbocycles. The number of nitrogens with two attached hydrogens (primary N) is 1. The zero-order valence-electron chi connectivity index (χ0n) is 8.88. The Morgan fingerprint density at radius 2 is 2.08 bits per heavy atom. The van der Waals surface area contributed by atoms with Crippen molar-refractivity contribution in [2.75, 3.05) is 20.8 Å². The van der Waals surface area contributed by atoms with E-state index in [1.807, 2.05) is 0 Å². The molecule has 0 aliphatic carbocycles. The second-order valence-electron chi connectivity index (χ2n) is 3.09. The van der Waals surface area contributed by atoms with Gasteiger partial charge in [-0.3, -0.25) is 11.3 Å². The molecule has 0 aromatic rings. The van der Waals surface area contributed by atoms with Gasteiger partial charge in [0.1, 0.15) is 0 Å². The Labute approximate surface area is 80.7 Å². The van der Waals surface area contributed by atoms with E-state index < -0.39 is 0 Å². The van der Waals surface area contributed by atoms with E-state index in [2.05, 4.69) is 12.3 Å². The van der Waals surface area contributed by atoms with E-state index in [0.717, 1.165) is 25.9 Å². The standard InChI is InChI=1S/C9H22N2O2/c1-4-9(13-3)8(11-10)6-5-7-12-2/h8-9,11H,4-7,10H2,1-3H3. The third-order valence-corrected chi connectivity index (χ3v) is 2.23. The van der Waals surface area contributed by atoms with Gasteiger partial charge in [-0.25, -0.2) is 0 Å². The fourth-order valence-electron chi connectivity index (χ4n) is 1.44. The van der Waals surface area contributed by atoms with Crippen LogP contribution >= 0.6 is 0 Å². The van der Waals surface area contributed by atoms with Gasteiger partial charge in [-0.15, -0.1) is 0 Å². The van der Waals surface area contributed by atoms with Crippen molar-refractivity contribution >= 4 is 0 Å². The molecule has 0 aromatic heterocycles. The third kappa shape index (κ3) is 5.21. The van der Waals surface area contributed by atoms with E-state index in [-0.39, 0.29) is 12.1 Å². The van der Waals surface area contributed by atoms with E-state index in [4.69, 9.17) is 15.3 Å². The zero-order chi connectivity index (χ0) is 10.1. The maximum absolute atomic E-state index is 5.44. The quantitative estimate of drug-likeness (QED) is 0.335. The molecule has 0 radical (unpaired) electrons. The minimum Gasteiger partial charge on any atom is -0.385 e. The van der Waals surface area contributed by atoms with E-state index in [9.17, 15) is 0 Å². The van der Waals surface area contributed by atoms with E-state index in [1.165, 1.54) is 0 Å². The summed E-state index contributed by atoms with van der Waals surface area (Å²) in [5, 5.41) is 0. The monoisotopic (exact) mass is 190 g/mol. The molecule has 0 amide bonds. The lowest BCUT2D eigenvalue weighted by Gasteiger charge is -2.24. The number of methoxy groups -OCH3 is 2. The minimum atomic E-state index is 0.196. The van der Waals surface area contributed by atoms with Crippen molar-refractivity contribution in [2.24, 2.45) is 5.84 Å². The van der Waals surface area contributed by atoms with Gasteiger partial charge in [-0.05, 0) is 19.3 Å². The van der Waals surface area contributed by atoms with Crippen LogP contribution in [0.25, 0.3) is 0 Å². The lowest BCUT2D eigenvalue weighted by molar-refractivity contribution is 0.0588. The summed E-state index contributed by atoms with van der Waals surface area (Å²) in [4.78, 5) is 0. The molecule has 0 aliphatic rings. The highest BCUT2D eigenvalue weighted by Gasteiger charge is 2.17. The SMILES string of the molecule is CCC(OC)C(CCCOC)NN. The summed E-state index contributed by atoms with van der Waals surface area (Å²) in [5.41, 5.74) is 2.78. The lowest BCUT2D eigenvalue weighted by Crippen LogP contribution is -2.44. The molecule has 0 spiro atoms. The molecule has 0 fully saturated rings. The molecule has 0 bridgehead atoms. The molecule has 0 heterocycles. The van der Waals surface area contributed by atoms with Crippen LogP contribution in [0.15, 0.2) is 0 Å². The fraction of sp³-hybridized carbons (Fsp3) is 1.00. The molecule has 0 aliphatic heterocycles. The van der Waals surface area contributed by atoms with Crippen molar-refractivity contribution in [3.63, 3.8) is 0 Å². The Morgan fingerprint density at radius 3 is 2.46 bits per heavy atom. The molecule has 4 heteroatoms. The molecule has 80 valence electrons. The molecule has 2 atom stereocenters. The molecule has 13 heavy (non-hydrogen) atoms. The topological polar surface area (TPSA) is 56.5 Å². The normalized spacial score (nSPS) is 15.7. The largest absolute Gasteiger partial charge is 0.385 e. The van der Waals surface area contributed by atoms with Gasteiger partial charge in [0.05, 0.1) is 6.10 Å². The van der Waals surface area contributed by atoms with Gasteiger partial charge >= 0.3 is 0 Å². The predicted molar refractivity (Wildman–Crippen MR) is 53.3 cm³/mol. The number of ether oxygens (including phenoxy) is 2. The smallest absolute Gasteiger partial charge is 0.0735 e. The number of hydrogen-bond acceptors (Lipinski definition) is 4. The van der Waals surface area contributed by atoms with Crippen LogP contribution in [0, 0.1) is 0 Å². The molecule has 0 aromatic carbocycles. The van der Waals surface area contributed by atoms with Crippen LogP contribution in [0.2, 0.25) is 0 Å². The van der Waals surface area contributed by atoms with E-state index in [0.29, 0.717) is 0 Å². The van der Waals surface area contributed by atoms with Crippen molar-refractivity contribution < 1.29 is 9.47 Å². The zero-order valence-corrected chi connectivity index (χ0v) is 8.88. The summed E-state index contributed by atoms with van der Waals surface area (Å²) in [6.07, 6.45) is 3.15. The summed E-state index contributed by atoms with van der Waals surface area (Å²) in [5.74, 6) is 5.44. The van der Waals surface area contributed by atoms with Gasteiger partial charge in [0.25, 0.3) is 0 Å². The van der Waals surface area contributed by atoms with Crippen LogP contribution < -0.4 is 11.3 Å². The molecular weight excluding hydrogens is 168 g/mol. The lowest BCUT2D eigenvalue weighted by atomic mass is 10.0. The van der Waals surface area contributed by atoms with Gasteiger partial charge in [-0.1, -0.05) is 6.92 Å². The van der Waals surface area contributed by atoms with Gasteiger partial charge in [-0.2, -0.15) is 0 Å². The molecule has 3 N–H and O–H groups in total. The van der Waals surface area contributed by atoms with Gasteiger partial charge in [0.15, 0.2) is 0 Å². The van der Waals surface area contributed by atoms with Gasteiger partial charge in [0, 0.05) is 26.9 Å². The Hall–Kier alpha value is -0.160. The highest BCUT2D eigenvalue weighted by Crippen LogP contribution is 2.08. The maximum atomic E-state index is 5.44. The van der Waals surface area contributed by atoms with Crippen LogP contribution in [0.5, 0.6) is 0 Å². The summed E-state index contributed by atoms with van der Waals surface area (Å²) < 4.78 is 10.3. The van der Waals surface area contributed by atoms with Crippen LogP contribution in [0.3, 0.4) is 0 Å². The van der Waals surface area contributed by atoms with Gasteiger partial charge < -0.3 is 9.47 Å². The average Bonchev–Trinajstić information content (AvgIpc) is 2.17. The first kappa shape index (κ1) is 12.8. The summed E-state index contributed by atoms with van der Waals surface area (Å²) >= 11 is 0. The maximum Gasteiger partial charge on any atom is 0.0735 e. The highest BCUT2D eigenvalue weighted by molar-refractivity contribution is 4.73. The number of rotatable bonds is 8. The van der Waals surface area contributed by atoms with Crippen molar-refractivity contribution in [3.05, 3.63) is 0 Å². The van der Waals surface area contributed by atoms with Crippen LogP contribution in [-0.2, 0) is 9.47 Å². The van der Waals surface area contributed by atoms with Crippen molar-refractivity contribution in [1.29, 1.82) is 0 Å². The number of nitrogens with one attached hydrogen (secondary N) is 1. The number of hydrazine groups is 1. The van der Waals surface area contributed by atoms with E-state index >= 15 is 0 Å². The molecule has 4 nitrogen and oxygen atoms in total.